The minimum absolute atomic E-state index is 0.0446. The smallest absolute Gasteiger partial charge is 0.317 e. The fourth-order valence-corrected chi connectivity index (χ4v) is 2.78. The van der Waals surface area contributed by atoms with Crippen LogP contribution >= 0.6 is 0 Å². The highest BCUT2D eigenvalue weighted by Crippen LogP contribution is 2.18. The van der Waals surface area contributed by atoms with Crippen molar-refractivity contribution in [3.63, 3.8) is 0 Å². The average molecular weight is 306 g/mol. The normalized spacial score (nSPS) is 20.3. The molecule has 1 fully saturated rings. The summed E-state index contributed by atoms with van der Waals surface area (Å²) in [6.07, 6.45) is 1.51. The van der Waals surface area contributed by atoms with Crippen LogP contribution in [0.5, 0.6) is 0 Å². The Morgan fingerprint density at radius 1 is 1.41 bits per heavy atom. The van der Waals surface area contributed by atoms with Crippen LogP contribution in [0.15, 0.2) is 30.3 Å². The van der Waals surface area contributed by atoms with Crippen molar-refractivity contribution in [3.05, 3.63) is 35.9 Å². The first-order valence-electron chi connectivity index (χ1n) is 8.00. The number of aliphatic hydroxyl groups is 1. The Morgan fingerprint density at radius 2 is 2.18 bits per heavy atom. The molecule has 1 aliphatic heterocycles. The van der Waals surface area contributed by atoms with Gasteiger partial charge in [-0.05, 0) is 25.3 Å². The monoisotopic (exact) mass is 306 g/mol. The van der Waals surface area contributed by atoms with Gasteiger partial charge in [0, 0.05) is 38.3 Å². The molecule has 0 bridgehead atoms. The summed E-state index contributed by atoms with van der Waals surface area (Å²) < 4.78 is 5.42. The number of carbonyl (C=O) groups excluding carboxylic acids is 1. The molecule has 0 spiro atoms. The van der Waals surface area contributed by atoms with E-state index in [0.29, 0.717) is 32.7 Å². The zero-order valence-electron chi connectivity index (χ0n) is 13.2. The van der Waals surface area contributed by atoms with Gasteiger partial charge in [0.2, 0.25) is 0 Å². The summed E-state index contributed by atoms with van der Waals surface area (Å²) in [6.45, 7) is 4.63. The van der Waals surface area contributed by atoms with Crippen molar-refractivity contribution in [2.45, 2.75) is 31.7 Å². The Bertz CT molecular complexity index is 452. The van der Waals surface area contributed by atoms with Gasteiger partial charge < -0.3 is 20.1 Å². The fourth-order valence-electron chi connectivity index (χ4n) is 2.78. The third kappa shape index (κ3) is 4.71. The second kappa shape index (κ2) is 8.76. The average Bonchev–Trinajstić information content (AvgIpc) is 2.76. The summed E-state index contributed by atoms with van der Waals surface area (Å²) in [5.74, 6) is 0.133. The Kier molecular flexibility index (Phi) is 6.68. The molecule has 0 saturated carbocycles. The summed E-state index contributed by atoms with van der Waals surface area (Å²) >= 11 is 0. The first kappa shape index (κ1) is 16.8. The topological polar surface area (TPSA) is 61.8 Å². The number of amides is 2. The molecule has 5 nitrogen and oxygen atoms in total. The van der Waals surface area contributed by atoms with E-state index < -0.39 is 0 Å². The molecular weight excluding hydrogens is 280 g/mol. The molecule has 1 aromatic rings. The number of ether oxygens (including phenoxy) is 1. The van der Waals surface area contributed by atoms with Crippen LogP contribution in [-0.2, 0) is 4.74 Å². The first-order valence-corrected chi connectivity index (χ1v) is 8.00. The minimum Gasteiger partial charge on any atom is -0.396 e. The Hall–Kier alpha value is -1.59. The van der Waals surface area contributed by atoms with Gasteiger partial charge in [-0.1, -0.05) is 30.3 Å². The third-order valence-electron chi connectivity index (χ3n) is 4.20. The van der Waals surface area contributed by atoms with E-state index in [1.54, 1.807) is 0 Å². The molecule has 1 heterocycles. The molecule has 1 saturated heterocycles. The Balaban J connectivity index is 1.92. The number of urea groups is 1. The highest BCUT2D eigenvalue weighted by Gasteiger charge is 2.23. The molecule has 2 rings (SSSR count). The summed E-state index contributed by atoms with van der Waals surface area (Å²) in [5, 5.41) is 12.3. The van der Waals surface area contributed by atoms with Gasteiger partial charge in [0.25, 0.3) is 0 Å². The fraction of sp³-hybridized carbons (Fsp3) is 0.588. The van der Waals surface area contributed by atoms with Crippen LogP contribution in [0.4, 0.5) is 4.79 Å². The number of nitrogens with zero attached hydrogens (tertiary/aromatic N) is 1. The third-order valence-corrected chi connectivity index (χ3v) is 4.20. The molecular formula is C17H26N2O3. The van der Waals surface area contributed by atoms with Gasteiger partial charge in [-0.25, -0.2) is 4.79 Å². The number of rotatable bonds is 5. The van der Waals surface area contributed by atoms with Crippen LogP contribution in [0.3, 0.4) is 0 Å². The zero-order valence-corrected chi connectivity index (χ0v) is 13.2. The SMILES string of the molecule is CC1CCOCCN1C(=O)NCC(CCO)c1ccccc1. The predicted molar refractivity (Wildman–Crippen MR) is 85.9 cm³/mol. The van der Waals surface area contributed by atoms with E-state index >= 15 is 0 Å². The van der Waals surface area contributed by atoms with E-state index in [1.165, 1.54) is 0 Å². The standard InChI is InChI=1S/C17H26N2O3/c1-14-8-11-22-12-9-19(14)17(21)18-13-16(7-10-20)15-5-3-2-4-6-15/h2-6,14,16,20H,7-13H2,1H3,(H,18,21). The molecule has 22 heavy (non-hydrogen) atoms. The second-order valence-electron chi connectivity index (χ2n) is 5.75. The molecule has 0 aliphatic carbocycles. The second-order valence-corrected chi connectivity index (χ2v) is 5.75. The summed E-state index contributed by atoms with van der Waals surface area (Å²) in [6, 6.07) is 10.2. The van der Waals surface area contributed by atoms with Gasteiger partial charge >= 0.3 is 6.03 Å². The number of carbonyl (C=O) groups is 1. The quantitative estimate of drug-likeness (QED) is 0.874. The van der Waals surface area contributed by atoms with Crippen molar-refractivity contribution in [1.82, 2.24) is 10.2 Å². The Morgan fingerprint density at radius 3 is 2.91 bits per heavy atom. The number of aliphatic hydroxyl groups excluding tert-OH is 1. The maximum Gasteiger partial charge on any atom is 0.317 e. The number of hydrogen-bond donors (Lipinski definition) is 2. The Labute approximate surface area is 132 Å². The van der Waals surface area contributed by atoms with E-state index in [1.807, 2.05) is 35.2 Å². The van der Waals surface area contributed by atoms with Crippen LogP contribution in [0.25, 0.3) is 0 Å². The number of hydrogen-bond acceptors (Lipinski definition) is 3. The summed E-state index contributed by atoms with van der Waals surface area (Å²) in [7, 11) is 0. The van der Waals surface area contributed by atoms with E-state index in [4.69, 9.17) is 4.74 Å². The van der Waals surface area contributed by atoms with Crippen molar-refractivity contribution >= 4 is 6.03 Å². The molecule has 0 radical (unpaired) electrons. The lowest BCUT2D eigenvalue weighted by atomic mass is 9.96. The van der Waals surface area contributed by atoms with Crippen LogP contribution < -0.4 is 5.32 Å². The molecule has 1 aromatic carbocycles. The highest BCUT2D eigenvalue weighted by atomic mass is 16.5. The maximum absolute atomic E-state index is 12.4. The molecule has 1 aliphatic rings. The highest BCUT2D eigenvalue weighted by molar-refractivity contribution is 5.74. The molecule has 0 aromatic heterocycles. The molecule has 2 unspecified atom stereocenters. The van der Waals surface area contributed by atoms with Crippen molar-refractivity contribution in [1.29, 1.82) is 0 Å². The van der Waals surface area contributed by atoms with Gasteiger partial charge in [0.1, 0.15) is 0 Å². The van der Waals surface area contributed by atoms with Gasteiger partial charge in [0.15, 0.2) is 0 Å². The lowest BCUT2D eigenvalue weighted by molar-refractivity contribution is 0.141. The lowest BCUT2D eigenvalue weighted by Gasteiger charge is -2.27. The first-order chi connectivity index (χ1) is 10.7. The molecule has 2 N–H and O–H groups in total. The van der Waals surface area contributed by atoms with Gasteiger partial charge in [-0.2, -0.15) is 0 Å². The summed E-state index contributed by atoms with van der Waals surface area (Å²) in [4.78, 5) is 14.2. The lowest BCUT2D eigenvalue weighted by Crippen LogP contribution is -2.46. The van der Waals surface area contributed by atoms with Crippen molar-refractivity contribution in [2.75, 3.05) is 32.9 Å². The molecule has 5 heteroatoms. The maximum atomic E-state index is 12.4. The summed E-state index contributed by atoms with van der Waals surface area (Å²) in [5.41, 5.74) is 1.14. The minimum atomic E-state index is -0.0446. The van der Waals surface area contributed by atoms with Crippen molar-refractivity contribution < 1.29 is 14.6 Å². The molecule has 122 valence electrons. The largest absolute Gasteiger partial charge is 0.396 e. The van der Waals surface area contributed by atoms with E-state index in [9.17, 15) is 9.90 Å². The molecule has 2 atom stereocenters. The van der Waals surface area contributed by atoms with Crippen molar-refractivity contribution in [3.8, 4) is 0 Å². The van der Waals surface area contributed by atoms with Crippen LogP contribution in [-0.4, -0.2) is 55.0 Å². The molecule has 2 amide bonds. The van der Waals surface area contributed by atoms with Crippen LogP contribution in [0.2, 0.25) is 0 Å². The van der Waals surface area contributed by atoms with Crippen LogP contribution in [0.1, 0.15) is 31.2 Å². The van der Waals surface area contributed by atoms with Gasteiger partial charge in [0.05, 0.1) is 6.61 Å². The number of benzene rings is 1. The van der Waals surface area contributed by atoms with Gasteiger partial charge in [-0.3, -0.25) is 0 Å². The van der Waals surface area contributed by atoms with E-state index in [-0.39, 0.29) is 24.6 Å². The zero-order chi connectivity index (χ0) is 15.8. The van der Waals surface area contributed by atoms with Crippen LogP contribution in [0, 0.1) is 0 Å². The van der Waals surface area contributed by atoms with Crippen molar-refractivity contribution in [2.24, 2.45) is 0 Å². The number of nitrogens with one attached hydrogen (secondary N) is 1. The predicted octanol–water partition coefficient (Wildman–Crippen LogP) is 1.97. The van der Waals surface area contributed by atoms with E-state index in [0.717, 1.165) is 12.0 Å². The van der Waals surface area contributed by atoms with Gasteiger partial charge in [-0.15, -0.1) is 0 Å². The van der Waals surface area contributed by atoms with E-state index in [2.05, 4.69) is 12.2 Å².